The fraction of sp³-hybridized carbons (Fsp3) is 0.267. The van der Waals surface area contributed by atoms with Gasteiger partial charge in [0.1, 0.15) is 12.3 Å². The minimum Gasteiger partial charge on any atom is -0.481 e. The van der Waals surface area contributed by atoms with Gasteiger partial charge in [0.25, 0.3) is 0 Å². The summed E-state index contributed by atoms with van der Waals surface area (Å²) in [5.74, 6) is 0.348. The van der Waals surface area contributed by atoms with Crippen LogP contribution in [0.2, 0.25) is 0 Å². The van der Waals surface area contributed by atoms with Gasteiger partial charge in [-0.15, -0.1) is 0 Å². The highest BCUT2D eigenvalue weighted by molar-refractivity contribution is 5.57. The SMILES string of the molecule is Cc1ccc(C)c(CN2CCN(c3cnn(-c4ccccc4)c(=O)c3OCc3ccccc3)CC2)c1. The van der Waals surface area contributed by atoms with Crippen LogP contribution in [-0.4, -0.2) is 40.9 Å². The number of hydrogen-bond donors (Lipinski definition) is 0. The Kier molecular flexibility index (Phi) is 7.14. The first-order chi connectivity index (χ1) is 17.6. The van der Waals surface area contributed by atoms with Crippen LogP contribution in [0.3, 0.4) is 0 Å². The Morgan fingerprint density at radius 2 is 1.56 bits per heavy atom. The molecule has 6 heteroatoms. The van der Waals surface area contributed by atoms with Crippen molar-refractivity contribution < 1.29 is 4.74 Å². The topological polar surface area (TPSA) is 50.6 Å². The lowest BCUT2D eigenvalue weighted by atomic mass is 10.0. The summed E-state index contributed by atoms with van der Waals surface area (Å²) in [6, 6.07) is 26.1. The molecule has 0 unspecified atom stereocenters. The number of ether oxygens (including phenoxy) is 1. The molecule has 1 saturated heterocycles. The minimum atomic E-state index is -0.243. The summed E-state index contributed by atoms with van der Waals surface area (Å²) in [5, 5.41) is 4.52. The molecule has 0 aliphatic carbocycles. The molecule has 1 aromatic heterocycles. The van der Waals surface area contributed by atoms with Crippen LogP contribution >= 0.6 is 0 Å². The van der Waals surface area contributed by atoms with Crippen LogP contribution in [0, 0.1) is 13.8 Å². The van der Waals surface area contributed by atoms with E-state index >= 15 is 0 Å². The smallest absolute Gasteiger partial charge is 0.316 e. The molecule has 184 valence electrons. The molecule has 3 aromatic carbocycles. The van der Waals surface area contributed by atoms with Gasteiger partial charge in [-0.25, -0.2) is 0 Å². The third kappa shape index (κ3) is 5.34. The van der Waals surface area contributed by atoms with E-state index in [9.17, 15) is 4.79 Å². The van der Waals surface area contributed by atoms with Crippen LogP contribution in [0.15, 0.2) is 89.9 Å². The second kappa shape index (κ2) is 10.8. The van der Waals surface area contributed by atoms with Crippen LogP contribution in [-0.2, 0) is 13.2 Å². The molecule has 6 nitrogen and oxygen atoms in total. The van der Waals surface area contributed by atoms with Crippen molar-refractivity contribution in [1.82, 2.24) is 14.7 Å². The zero-order chi connectivity index (χ0) is 24.9. The number of aryl methyl sites for hydroxylation is 2. The van der Waals surface area contributed by atoms with Crippen molar-refractivity contribution in [2.45, 2.75) is 27.0 Å². The molecule has 0 N–H and O–H groups in total. The highest BCUT2D eigenvalue weighted by atomic mass is 16.5. The summed E-state index contributed by atoms with van der Waals surface area (Å²) in [4.78, 5) is 18.3. The van der Waals surface area contributed by atoms with Gasteiger partial charge in [0.2, 0.25) is 5.75 Å². The van der Waals surface area contributed by atoms with E-state index in [2.05, 4.69) is 46.9 Å². The molecule has 1 fully saturated rings. The van der Waals surface area contributed by atoms with Gasteiger partial charge in [-0.2, -0.15) is 9.78 Å². The second-order valence-electron chi connectivity index (χ2n) is 9.38. The molecule has 1 aliphatic heterocycles. The highest BCUT2D eigenvalue weighted by Crippen LogP contribution is 2.27. The second-order valence-corrected chi connectivity index (χ2v) is 9.38. The van der Waals surface area contributed by atoms with Crippen molar-refractivity contribution in [1.29, 1.82) is 0 Å². The average molecular weight is 481 g/mol. The fourth-order valence-corrected chi connectivity index (χ4v) is 4.63. The molecule has 0 atom stereocenters. The fourth-order valence-electron chi connectivity index (χ4n) is 4.63. The van der Waals surface area contributed by atoms with Gasteiger partial charge < -0.3 is 9.64 Å². The number of rotatable bonds is 7. The van der Waals surface area contributed by atoms with Crippen LogP contribution in [0.25, 0.3) is 5.69 Å². The number of para-hydroxylation sites is 1. The molecule has 36 heavy (non-hydrogen) atoms. The first-order valence-corrected chi connectivity index (χ1v) is 12.5. The summed E-state index contributed by atoms with van der Waals surface area (Å²) in [6.07, 6.45) is 1.77. The first-order valence-electron chi connectivity index (χ1n) is 12.5. The maximum absolute atomic E-state index is 13.6. The normalized spacial score (nSPS) is 14.1. The lowest BCUT2D eigenvalue weighted by Gasteiger charge is -2.36. The summed E-state index contributed by atoms with van der Waals surface area (Å²) in [7, 11) is 0. The van der Waals surface area contributed by atoms with Gasteiger partial charge in [0, 0.05) is 32.7 Å². The van der Waals surface area contributed by atoms with Gasteiger partial charge >= 0.3 is 5.56 Å². The molecule has 0 bridgehead atoms. The zero-order valence-electron chi connectivity index (χ0n) is 20.9. The van der Waals surface area contributed by atoms with Crippen LogP contribution < -0.4 is 15.2 Å². The Morgan fingerprint density at radius 3 is 2.28 bits per heavy atom. The van der Waals surface area contributed by atoms with Crippen molar-refractivity contribution in [2.75, 3.05) is 31.1 Å². The van der Waals surface area contributed by atoms with Crippen LogP contribution in [0.4, 0.5) is 5.69 Å². The van der Waals surface area contributed by atoms with E-state index in [1.165, 1.54) is 21.4 Å². The zero-order valence-corrected chi connectivity index (χ0v) is 20.9. The van der Waals surface area contributed by atoms with E-state index in [0.717, 1.165) is 49.7 Å². The van der Waals surface area contributed by atoms with Gasteiger partial charge in [0.15, 0.2) is 0 Å². The predicted molar refractivity (Wildman–Crippen MR) is 144 cm³/mol. The van der Waals surface area contributed by atoms with Crippen LogP contribution in [0.5, 0.6) is 5.75 Å². The molecule has 0 saturated carbocycles. The molecular formula is C30H32N4O2. The Balaban J connectivity index is 1.37. The summed E-state index contributed by atoms with van der Waals surface area (Å²) in [5.41, 5.74) is 6.25. The molecule has 0 spiro atoms. The monoisotopic (exact) mass is 480 g/mol. The molecule has 4 aromatic rings. The first kappa shape index (κ1) is 23.8. The Labute approximate surface area is 212 Å². The van der Waals surface area contributed by atoms with E-state index in [1.807, 2.05) is 60.7 Å². The highest BCUT2D eigenvalue weighted by Gasteiger charge is 2.24. The molecule has 5 rings (SSSR count). The minimum absolute atomic E-state index is 0.243. The summed E-state index contributed by atoms with van der Waals surface area (Å²) >= 11 is 0. The predicted octanol–water partition coefficient (Wildman–Crippen LogP) is 4.75. The lowest BCUT2D eigenvalue weighted by molar-refractivity contribution is 0.246. The van der Waals surface area contributed by atoms with E-state index in [4.69, 9.17) is 4.74 Å². The number of aromatic nitrogens is 2. The summed E-state index contributed by atoms with van der Waals surface area (Å²) < 4.78 is 7.61. The van der Waals surface area contributed by atoms with Crippen LogP contribution in [0.1, 0.15) is 22.3 Å². The molecule has 1 aliphatic rings. The van der Waals surface area contributed by atoms with Crippen molar-refractivity contribution >= 4 is 5.69 Å². The number of hydrogen-bond acceptors (Lipinski definition) is 5. The quantitative estimate of drug-likeness (QED) is 0.382. The molecular weight excluding hydrogens is 448 g/mol. The largest absolute Gasteiger partial charge is 0.481 e. The third-order valence-corrected chi connectivity index (χ3v) is 6.75. The van der Waals surface area contributed by atoms with Crippen molar-refractivity contribution in [3.63, 3.8) is 0 Å². The molecule has 0 radical (unpaired) electrons. The molecule has 2 heterocycles. The molecule has 0 amide bonds. The van der Waals surface area contributed by atoms with Crippen molar-refractivity contribution in [3.05, 3.63) is 118 Å². The maximum atomic E-state index is 13.6. The van der Waals surface area contributed by atoms with Gasteiger partial charge in [0.05, 0.1) is 11.9 Å². The summed E-state index contributed by atoms with van der Waals surface area (Å²) in [6.45, 7) is 9.02. The van der Waals surface area contributed by atoms with E-state index in [0.29, 0.717) is 12.4 Å². The Bertz CT molecular complexity index is 1360. The number of anilines is 1. The Hall–Kier alpha value is -3.90. The number of piperazine rings is 1. The van der Waals surface area contributed by atoms with Gasteiger partial charge in [-0.3, -0.25) is 9.69 Å². The number of benzene rings is 3. The maximum Gasteiger partial charge on any atom is 0.316 e. The van der Waals surface area contributed by atoms with Crippen molar-refractivity contribution in [2.24, 2.45) is 0 Å². The van der Waals surface area contributed by atoms with Gasteiger partial charge in [-0.1, -0.05) is 72.3 Å². The van der Waals surface area contributed by atoms with E-state index in [1.54, 1.807) is 6.20 Å². The van der Waals surface area contributed by atoms with Gasteiger partial charge in [-0.05, 0) is 42.7 Å². The van der Waals surface area contributed by atoms with E-state index < -0.39 is 0 Å². The third-order valence-electron chi connectivity index (χ3n) is 6.75. The number of nitrogens with zero attached hydrogens (tertiary/aromatic N) is 4. The lowest BCUT2D eigenvalue weighted by Crippen LogP contribution is -2.46. The Morgan fingerprint density at radius 1 is 0.861 bits per heavy atom. The standard InChI is InChI=1S/C30H32N4O2/c1-23-13-14-24(2)26(19-23)21-32-15-17-33(18-16-32)28-20-31-34(27-11-7-4-8-12-27)30(35)29(28)36-22-25-9-5-3-6-10-25/h3-14,19-20H,15-18,21-22H2,1-2H3. The van der Waals surface area contributed by atoms with E-state index in [-0.39, 0.29) is 5.56 Å². The average Bonchev–Trinajstić information content (AvgIpc) is 2.91. The van der Waals surface area contributed by atoms with Crippen molar-refractivity contribution in [3.8, 4) is 11.4 Å².